The Bertz CT molecular complexity index is 513. The molecule has 0 aromatic heterocycles. The zero-order valence-electron chi connectivity index (χ0n) is 10.4. The molecule has 0 unspecified atom stereocenters. The lowest BCUT2D eigenvalue weighted by molar-refractivity contribution is -0.274. The van der Waals surface area contributed by atoms with Crippen LogP contribution < -0.4 is 9.46 Å². The number of ether oxygens (including phenoxy) is 1. The molecular weight excluding hydrogens is 299 g/mol. The molecule has 0 aliphatic rings. The number of alkyl halides is 3. The summed E-state index contributed by atoms with van der Waals surface area (Å²) in [6.07, 6.45) is -4.13. The molecule has 1 rings (SSSR count). The molecule has 0 fully saturated rings. The fourth-order valence-electron chi connectivity index (χ4n) is 1.36. The second kappa shape index (κ2) is 6.80. The fourth-order valence-corrected chi connectivity index (χ4v) is 2.54. The molecule has 0 spiro atoms. The predicted octanol–water partition coefficient (Wildman–Crippen LogP) is 2.10. The van der Waals surface area contributed by atoms with Gasteiger partial charge in [-0.25, -0.2) is 8.42 Å². The van der Waals surface area contributed by atoms with Crippen molar-refractivity contribution in [2.75, 3.05) is 17.1 Å². The van der Waals surface area contributed by atoms with E-state index in [0.29, 0.717) is 12.8 Å². The number of nitrogens with one attached hydrogen (secondary N) is 1. The standard InChI is InChI=1S/C11H14F3NO4S/c12-11(13,14)19-10-5-3-9(4-6-10)15-20(17,18)8-2-1-7-16/h3-6,15-16H,1-2,7-8H2. The van der Waals surface area contributed by atoms with Crippen LogP contribution in [-0.2, 0) is 10.0 Å². The van der Waals surface area contributed by atoms with E-state index in [1.807, 2.05) is 0 Å². The SMILES string of the molecule is O=S(=O)(CCCCO)Nc1ccc(OC(F)(F)F)cc1. The van der Waals surface area contributed by atoms with E-state index in [-0.39, 0.29) is 18.0 Å². The van der Waals surface area contributed by atoms with Crippen LogP contribution in [0.4, 0.5) is 18.9 Å². The molecule has 0 bridgehead atoms. The molecule has 0 atom stereocenters. The molecule has 0 saturated heterocycles. The maximum absolute atomic E-state index is 11.9. The third kappa shape index (κ3) is 6.62. The maximum atomic E-state index is 11.9. The van der Waals surface area contributed by atoms with Crippen molar-refractivity contribution in [2.24, 2.45) is 0 Å². The van der Waals surface area contributed by atoms with E-state index < -0.39 is 22.1 Å². The van der Waals surface area contributed by atoms with Gasteiger partial charge in [-0.15, -0.1) is 13.2 Å². The number of unbranched alkanes of at least 4 members (excludes halogenated alkanes) is 1. The maximum Gasteiger partial charge on any atom is 0.573 e. The monoisotopic (exact) mass is 313 g/mol. The van der Waals surface area contributed by atoms with E-state index in [4.69, 9.17) is 5.11 Å². The summed E-state index contributed by atoms with van der Waals surface area (Å²) in [4.78, 5) is 0. The van der Waals surface area contributed by atoms with Crippen LogP contribution in [0.2, 0.25) is 0 Å². The molecule has 9 heteroatoms. The normalized spacial score (nSPS) is 12.2. The van der Waals surface area contributed by atoms with Crippen molar-refractivity contribution in [1.29, 1.82) is 0 Å². The lowest BCUT2D eigenvalue weighted by Crippen LogP contribution is -2.18. The highest BCUT2D eigenvalue weighted by molar-refractivity contribution is 7.92. The molecule has 0 saturated carbocycles. The van der Waals surface area contributed by atoms with Gasteiger partial charge in [-0.1, -0.05) is 0 Å². The van der Waals surface area contributed by atoms with Gasteiger partial charge >= 0.3 is 6.36 Å². The van der Waals surface area contributed by atoms with Gasteiger partial charge in [0.25, 0.3) is 0 Å². The number of rotatable bonds is 7. The Labute approximate surface area is 114 Å². The van der Waals surface area contributed by atoms with Gasteiger partial charge in [-0.3, -0.25) is 4.72 Å². The average molecular weight is 313 g/mol. The number of aliphatic hydroxyl groups is 1. The van der Waals surface area contributed by atoms with Crippen LogP contribution in [0.25, 0.3) is 0 Å². The van der Waals surface area contributed by atoms with Gasteiger partial charge in [0, 0.05) is 12.3 Å². The molecule has 0 radical (unpaired) electrons. The quantitative estimate of drug-likeness (QED) is 0.756. The number of hydrogen-bond acceptors (Lipinski definition) is 4. The van der Waals surface area contributed by atoms with E-state index in [9.17, 15) is 21.6 Å². The molecule has 5 nitrogen and oxygen atoms in total. The summed E-state index contributed by atoms with van der Waals surface area (Å²) in [6, 6.07) is 4.37. The molecule has 0 aliphatic heterocycles. The lowest BCUT2D eigenvalue weighted by atomic mass is 10.3. The molecule has 2 N–H and O–H groups in total. The van der Waals surface area contributed by atoms with Crippen molar-refractivity contribution in [3.05, 3.63) is 24.3 Å². The molecular formula is C11H14F3NO4S. The Morgan fingerprint density at radius 2 is 1.75 bits per heavy atom. The Kier molecular flexibility index (Phi) is 5.63. The number of benzene rings is 1. The molecule has 20 heavy (non-hydrogen) atoms. The molecule has 0 amide bonds. The second-order valence-electron chi connectivity index (χ2n) is 3.92. The van der Waals surface area contributed by atoms with Crippen molar-refractivity contribution in [2.45, 2.75) is 19.2 Å². The van der Waals surface area contributed by atoms with E-state index in [0.717, 1.165) is 12.1 Å². The van der Waals surface area contributed by atoms with Crippen molar-refractivity contribution < 1.29 is 31.4 Å². The van der Waals surface area contributed by atoms with E-state index >= 15 is 0 Å². The van der Waals surface area contributed by atoms with Gasteiger partial charge in [0.2, 0.25) is 10.0 Å². The first kappa shape index (κ1) is 16.6. The molecule has 0 aliphatic carbocycles. The number of hydrogen-bond donors (Lipinski definition) is 2. The van der Waals surface area contributed by atoms with Crippen LogP contribution in [-0.4, -0.2) is 32.2 Å². The van der Waals surface area contributed by atoms with Crippen molar-refractivity contribution in [3.63, 3.8) is 0 Å². The molecule has 1 aromatic rings. The minimum absolute atomic E-state index is 0.0982. The van der Waals surface area contributed by atoms with E-state index in [1.54, 1.807) is 0 Å². The number of anilines is 1. The minimum atomic E-state index is -4.79. The van der Waals surface area contributed by atoms with Gasteiger partial charge in [0.1, 0.15) is 5.75 Å². The first-order valence-electron chi connectivity index (χ1n) is 5.69. The largest absolute Gasteiger partial charge is 0.573 e. The van der Waals surface area contributed by atoms with E-state index in [2.05, 4.69) is 9.46 Å². The summed E-state index contributed by atoms with van der Waals surface area (Å²) in [5.74, 6) is -0.602. The molecule has 114 valence electrons. The molecule has 0 heterocycles. The highest BCUT2D eigenvalue weighted by atomic mass is 32.2. The Morgan fingerprint density at radius 1 is 1.15 bits per heavy atom. The summed E-state index contributed by atoms with van der Waals surface area (Å²) in [6.45, 7) is -0.0982. The fraction of sp³-hybridized carbons (Fsp3) is 0.455. The topological polar surface area (TPSA) is 75.6 Å². The smallest absolute Gasteiger partial charge is 0.406 e. The predicted molar refractivity (Wildman–Crippen MR) is 66.9 cm³/mol. The van der Waals surface area contributed by atoms with Crippen molar-refractivity contribution >= 4 is 15.7 Å². The van der Waals surface area contributed by atoms with Crippen LogP contribution in [0.15, 0.2) is 24.3 Å². The van der Waals surface area contributed by atoms with Crippen LogP contribution in [0.3, 0.4) is 0 Å². The van der Waals surface area contributed by atoms with Crippen LogP contribution in [0, 0.1) is 0 Å². The number of aliphatic hydroxyl groups excluding tert-OH is 1. The number of sulfonamides is 1. The summed E-state index contributed by atoms with van der Waals surface area (Å²) >= 11 is 0. The Hall–Kier alpha value is -1.48. The highest BCUT2D eigenvalue weighted by Crippen LogP contribution is 2.24. The Balaban J connectivity index is 2.61. The second-order valence-corrected chi connectivity index (χ2v) is 5.77. The van der Waals surface area contributed by atoms with Gasteiger partial charge in [0.05, 0.1) is 5.75 Å². The zero-order chi connectivity index (χ0) is 15.2. The van der Waals surface area contributed by atoms with Gasteiger partial charge in [0.15, 0.2) is 0 Å². The summed E-state index contributed by atoms with van der Waals surface area (Å²) in [7, 11) is -3.58. The van der Waals surface area contributed by atoms with Crippen molar-refractivity contribution in [1.82, 2.24) is 0 Å². The first-order chi connectivity index (χ1) is 9.22. The Morgan fingerprint density at radius 3 is 2.25 bits per heavy atom. The van der Waals surface area contributed by atoms with Gasteiger partial charge in [-0.05, 0) is 37.1 Å². The highest BCUT2D eigenvalue weighted by Gasteiger charge is 2.30. The lowest BCUT2D eigenvalue weighted by Gasteiger charge is -2.10. The summed E-state index contributed by atoms with van der Waals surface area (Å²) in [5, 5.41) is 8.56. The summed E-state index contributed by atoms with van der Waals surface area (Å²) in [5.41, 5.74) is 0.142. The average Bonchev–Trinajstić information content (AvgIpc) is 2.30. The van der Waals surface area contributed by atoms with Gasteiger partial charge < -0.3 is 9.84 Å². The van der Waals surface area contributed by atoms with Crippen LogP contribution in [0.1, 0.15) is 12.8 Å². The molecule has 1 aromatic carbocycles. The zero-order valence-corrected chi connectivity index (χ0v) is 11.2. The third-order valence-corrected chi connectivity index (χ3v) is 3.56. The summed E-state index contributed by atoms with van der Waals surface area (Å²) < 4.78 is 64.8. The minimum Gasteiger partial charge on any atom is -0.406 e. The van der Waals surface area contributed by atoms with Crippen molar-refractivity contribution in [3.8, 4) is 5.75 Å². The first-order valence-corrected chi connectivity index (χ1v) is 7.34. The van der Waals surface area contributed by atoms with Gasteiger partial charge in [-0.2, -0.15) is 0 Å². The third-order valence-electron chi connectivity index (χ3n) is 2.18. The van der Waals surface area contributed by atoms with E-state index in [1.165, 1.54) is 12.1 Å². The van der Waals surface area contributed by atoms with Crippen LogP contribution in [0.5, 0.6) is 5.75 Å². The number of halogens is 3. The van der Waals surface area contributed by atoms with Crippen LogP contribution >= 0.6 is 0 Å².